The zero-order valence-electron chi connectivity index (χ0n) is 17.1. The lowest BCUT2D eigenvalue weighted by atomic mass is 9.86. The van der Waals surface area contributed by atoms with Crippen molar-refractivity contribution in [2.75, 3.05) is 0 Å². The molecule has 0 fully saturated rings. The van der Waals surface area contributed by atoms with Crippen LogP contribution in [0.5, 0.6) is 0 Å². The van der Waals surface area contributed by atoms with E-state index in [1.807, 2.05) is 0 Å². The molecule has 1 nitrogen and oxygen atoms in total. The summed E-state index contributed by atoms with van der Waals surface area (Å²) in [4.78, 5) is 0. The zero-order valence-corrected chi connectivity index (χ0v) is 17.1. The van der Waals surface area contributed by atoms with Gasteiger partial charge in [0.05, 0.1) is 5.54 Å². The van der Waals surface area contributed by atoms with E-state index in [-0.39, 0.29) is 5.54 Å². The summed E-state index contributed by atoms with van der Waals surface area (Å²) in [6, 6.07) is 0. The highest BCUT2D eigenvalue weighted by Crippen LogP contribution is 2.19. The molecule has 0 rings (SSSR count). The van der Waals surface area contributed by atoms with Crippen LogP contribution in [0.4, 0.5) is 17.3 Å². The highest BCUT2D eigenvalue weighted by atomic mass is 19.5. The van der Waals surface area contributed by atoms with Crippen molar-refractivity contribution in [2.45, 2.75) is 117 Å². The van der Waals surface area contributed by atoms with Gasteiger partial charge in [-0.25, -0.2) is 0 Å². The smallest absolute Gasteiger partial charge is 0.418 e. The third kappa shape index (κ3) is 28.8. The Bertz CT molecular complexity index is 272. The Hall–Kier alpha value is -0.255. The summed E-state index contributed by atoms with van der Waals surface area (Å²) < 4.78 is 39.0. The second-order valence-electron chi connectivity index (χ2n) is 8.06. The van der Waals surface area contributed by atoms with Gasteiger partial charge in [-0.15, -0.1) is 0 Å². The Labute approximate surface area is 153 Å². The normalized spacial score (nSPS) is 13.3. The van der Waals surface area contributed by atoms with Gasteiger partial charge in [0, 0.05) is 5.92 Å². The Morgan fingerprint density at radius 1 is 0.720 bits per heavy atom. The number of halogens is 4. The molecule has 0 saturated carbocycles. The molecule has 0 aromatic carbocycles. The molecule has 3 N–H and O–H groups in total. The van der Waals surface area contributed by atoms with Crippen LogP contribution >= 0.6 is 0 Å². The Balaban J connectivity index is 0. The summed E-state index contributed by atoms with van der Waals surface area (Å²) in [6.07, 6.45) is 18.7. The lowest BCUT2D eigenvalue weighted by molar-refractivity contribution is -0.479. The second kappa shape index (κ2) is 16.0. The van der Waals surface area contributed by atoms with E-state index in [1.54, 1.807) is 0 Å². The first-order chi connectivity index (χ1) is 11.5. The first-order valence-corrected chi connectivity index (χ1v) is 10.2. The zero-order chi connectivity index (χ0) is 19.8. The van der Waals surface area contributed by atoms with Crippen molar-refractivity contribution >= 4 is 7.25 Å². The predicted molar refractivity (Wildman–Crippen MR) is 102 cm³/mol. The second-order valence-corrected chi connectivity index (χ2v) is 8.06. The van der Waals surface area contributed by atoms with Gasteiger partial charge in [0.2, 0.25) is 0 Å². The summed E-state index contributed by atoms with van der Waals surface area (Å²) in [7, 11) is -6.00. The monoisotopic (exact) mass is 371 g/mol. The van der Waals surface area contributed by atoms with Crippen molar-refractivity contribution in [3.05, 3.63) is 0 Å². The van der Waals surface area contributed by atoms with Gasteiger partial charge in [-0.3, -0.25) is 0 Å². The summed E-state index contributed by atoms with van der Waals surface area (Å²) in [5, 5.41) is 0. The minimum absolute atomic E-state index is 0.248. The molecule has 1 atom stereocenters. The number of hydrogen-bond donors (Lipinski definition) is 1. The van der Waals surface area contributed by atoms with Crippen LogP contribution in [0.2, 0.25) is 0 Å². The standard InChI is InChI=1S/C19H41N.BF4/c1-5-6-7-8-9-10-11-12-13-14-15-16-17-18(2)19(3,4)20;2-1(3,4)5/h18H,5-17,20H2,1-4H3;/q;-1/p+1. The fourth-order valence-electron chi connectivity index (χ4n) is 2.68. The van der Waals surface area contributed by atoms with Crippen LogP contribution in [-0.4, -0.2) is 12.8 Å². The minimum Gasteiger partial charge on any atom is -0.418 e. The molecule has 0 heterocycles. The number of quaternary nitrogens is 1. The van der Waals surface area contributed by atoms with E-state index in [0.717, 1.165) is 5.92 Å². The van der Waals surface area contributed by atoms with Gasteiger partial charge in [-0.1, -0.05) is 90.9 Å². The number of unbranched alkanes of at least 4 members (excludes halogenated alkanes) is 11. The van der Waals surface area contributed by atoms with Crippen LogP contribution < -0.4 is 5.73 Å². The maximum Gasteiger partial charge on any atom is 0.673 e. The quantitative estimate of drug-likeness (QED) is 0.193. The maximum absolute atomic E-state index is 9.75. The van der Waals surface area contributed by atoms with Crippen LogP contribution in [-0.2, 0) is 0 Å². The average molecular weight is 371 g/mol. The molecular weight excluding hydrogens is 329 g/mol. The van der Waals surface area contributed by atoms with Gasteiger partial charge < -0.3 is 23.0 Å². The highest BCUT2D eigenvalue weighted by molar-refractivity contribution is 6.50. The summed E-state index contributed by atoms with van der Waals surface area (Å²) in [5.74, 6) is 0.755. The lowest BCUT2D eigenvalue weighted by Crippen LogP contribution is -2.72. The highest BCUT2D eigenvalue weighted by Gasteiger charge is 2.23. The molecule has 0 spiro atoms. The fourth-order valence-corrected chi connectivity index (χ4v) is 2.68. The molecule has 154 valence electrons. The molecule has 0 saturated heterocycles. The van der Waals surface area contributed by atoms with Crippen LogP contribution in [0.15, 0.2) is 0 Å². The molecule has 1 unspecified atom stereocenters. The third-order valence-corrected chi connectivity index (χ3v) is 4.82. The molecule has 0 aliphatic carbocycles. The van der Waals surface area contributed by atoms with Crippen LogP contribution in [0, 0.1) is 5.92 Å². The molecule has 0 aliphatic heterocycles. The fraction of sp³-hybridized carbons (Fsp3) is 1.00. The van der Waals surface area contributed by atoms with Gasteiger partial charge in [0.25, 0.3) is 0 Å². The van der Waals surface area contributed by atoms with E-state index < -0.39 is 7.25 Å². The first-order valence-electron chi connectivity index (χ1n) is 10.2. The topological polar surface area (TPSA) is 27.6 Å². The summed E-state index contributed by atoms with van der Waals surface area (Å²) in [6.45, 7) is 9.17. The van der Waals surface area contributed by atoms with Gasteiger partial charge in [0.1, 0.15) is 0 Å². The molecule has 0 radical (unpaired) electrons. The van der Waals surface area contributed by atoms with Crippen molar-refractivity contribution in [1.82, 2.24) is 0 Å². The van der Waals surface area contributed by atoms with Gasteiger partial charge in [-0.05, 0) is 20.3 Å². The molecule has 6 heteroatoms. The van der Waals surface area contributed by atoms with Crippen LogP contribution in [0.25, 0.3) is 0 Å². The molecule has 25 heavy (non-hydrogen) atoms. The van der Waals surface area contributed by atoms with Crippen molar-refractivity contribution < 1.29 is 23.0 Å². The van der Waals surface area contributed by atoms with Crippen molar-refractivity contribution in [3.63, 3.8) is 0 Å². The number of hydrogen-bond acceptors (Lipinski definition) is 0. The van der Waals surface area contributed by atoms with Gasteiger partial charge in [-0.2, -0.15) is 0 Å². The Morgan fingerprint density at radius 3 is 1.28 bits per heavy atom. The van der Waals surface area contributed by atoms with E-state index >= 15 is 0 Å². The summed E-state index contributed by atoms with van der Waals surface area (Å²) >= 11 is 0. The molecule has 0 aliphatic rings. The van der Waals surface area contributed by atoms with E-state index in [1.165, 1.54) is 83.5 Å². The first kappa shape index (κ1) is 27.0. The molecule has 0 aromatic heterocycles. The van der Waals surface area contributed by atoms with E-state index in [4.69, 9.17) is 0 Å². The molecular formula is C19H42BF4N. The van der Waals surface area contributed by atoms with Crippen molar-refractivity contribution in [3.8, 4) is 0 Å². The van der Waals surface area contributed by atoms with E-state index in [2.05, 4.69) is 33.4 Å². The third-order valence-electron chi connectivity index (χ3n) is 4.82. The maximum atomic E-state index is 9.75. The number of rotatable bonds is 14. The Morgan fingerprint density at radius 2 is 1.00 bits per heavy atom. The van der Waals surface area contributed by atoms with E-state index in [0.29, 0.717) is 0 Å². The van der Waals surface area contributed by atoms with Gasteiger partial charge >= 0.3 is 7.25 Å². The SMILES string of the molecule is CCCCCCCCCCCCCCC(C)C(C)(C)[NH3+].F[B-](F)(F)F. The largest absolute Gasteiger partial charge is 0.673 e. The molecule has 0 bridgehead atoms. The Kier molecular flexibility index (Phi) is 17.2. The van der Waals surface area contributed by atoms with Crippen LogP contribution in [0.1, 0.15) is 111 Å². The van der Waals surface area contributed by atoms with Crippen molar-refractivity contribution in [2.24, 2.45) is 5.92 Å². The minimum atomic E-state index is -6.00. The summed E-state index contributed by atoms with van der Waals surface area (Å²) in [5.41, 5.74) is 4.49. The van der Waals surface area contributed by atoms with Crippen molar-refractivity contribution in [1.29, 1.82) is 0 Å². The average Bonchev–Trinajstić information content (AvgIpc) is 2.45. The molecule has 0 aromatic rings. The lowest BCUT2D eigenvalue weighted by Gasteiger charge is -2.23. The predicted octanol–water partition coefficient (Wildman–Crippen LogP) is 7.03. The van der Waals surface area contributed by atoms with Gasteiger partial charge in [0.15, 0.2) is 0 Å². The van der Waals surface area contributed by atoms with Crippen LogP contribution in [0.3, 0.4) is 0 Å². The molecule has 0 amide bonds. The van der Waals surface area contributed by atoms with E-state index in [9.17, 15) is 17.3 Å².